The van der Waals surface area contributed by atoms with Gasteiger partial charge in [0.15, 0.2) is 5.54 Å². The first kappa shape index (κ1) is 16.0. The number of aryl methyl sites for hydroxylation is 2. The molecular weight excluding hydrogens is 284 g/mol. The van der Waals surface area contributed by atoms with Crippen molar-refractivity contribution in [1.82, 2.24) is 0 Å². The molecule has 0 saturated heterocycles. The second-order valence-electron chi connectivity index (χ2n) is 5.62. The fourth-order valence-electron chi connectivity index (χ4n) is 2.43. The smallest absolute Gasteiger partial charge is 0.354 e. The molecule has 0 radical (unpaired) electrons. The van der Waals surface area contributed by atoms with E-state index in [-0.39, 0.29) is 18.7 Å². The third-order valence-electron chi connectivity index (χ3n) is 3.76. The van der Waals surface area contributed by atoms with E-state index in [1.165, 1.54) is 5.01 Å². The molecule has 1 aliphatic heterocycles. The van der Waals surface area contributed by atoms with Crippen LogP contribution in [0.4, 0.5) is 5.69 Å². The van der Waals surface area contributed by atoms with Crippen molar-refractivity contribution in [3.05, 3.63) is 29.3 Å². The van der Waals surface area contributed by atoms with Crippen LogP contribution in [0.1, 0.15) is 31.4 Å². The van der Waals surface area contributed by atoms with Gasteiger partial charge >= 0.3 is 11.9 Å². The molecule has 6 nitrogen and oxygen atoms in total. The van der Waals surface area contributed by atoms with Crippen LogP contribution in [0.3, 0.4) is 0 Å². The van der Waals surface area contributed by atoms with E-state index in [1.807, 2.05) is 32.0 Å². The van der Waals surface area contributed by atoms with Crippen LogP contribution in [0.5, 0.6) is 0 Å². The minimum Gasteiger partial charge on any atom is -0.479 e. The summed E-state index contributed by atoms with van der Waals surface area (Å²) in [6.07, 6.45) is 0.00848. The lowest BCUT2D eigenvalue weighted by molar-refractivity contribution is -0.142. The lowest BCUT2D eigenvalue weighted by atomic mass is 9.94. The lowest BCUT2D eigenvalue weighted by Crippen LogP contribution is -2.47. The van der Waals surface area contributed by atoms with Gasteiger partial charge in [-0.05, 0) is 44.9 Å². The van der Waals surface area contributed by atoms with E-state index in [0.29, 0.717) is 5.69 Å². The van der Waals surface area contributed by atoms with Crippen molar-refractivity contribution >= 4 is 23.3 Å². The highest BCUT2D eigenvalue weighted by molar-refractivity contribution is 6.38. The predicted molar refractivity (Wildman–Crippen MR) is 83.1 cm³/mol. The number of anilines is 1. The van der Waals surface area contributed by atoms with Crippen molar-refractivity contribution in [1.29, 1.82) is 0 Å². The molecule has 0 fully saturated rings. The first-order chi connectivity index (χ1) is 10.3. The van der Waals surface area contributed by atoms with Gasteiger partial charge in [0.05, 0.1) is 12.3 Å². The zero-order valence-electron chi connectivity index (χ0n) is 13.2. The quantitative estimate of drug-likeness (QED) is 0.863. The van der Waals surface area contributed by atoms with E-state index in [9.17, 15) is 14.7 Å². The average Bonchev–Trinajstić information content (AvgIpc) is 2.81. The summed E-state index contributed by atoms with van der Waals surface area (Å²) in [7, 11) is 0. The number of aliphatic carboxylic acids is 1. The van der Waals surface area contributed by atoms with Gasteiger partial charge in [0.25, 0.3) is 0 Å². The number of carboxylic acid groups (broad SMARTS) is 1. The Morgan fingerprint density at radius 1 is 1.41 bits per heavy atom. The number of hydrazone groups is 1. The topological polar surface area (TPSA) is 79.2 Å². The Labute approximate surface area is 129 Å². The summed E-state index contributed by atoms with van der Waals surface area (Å²) in [4.78, 5) is 23.7. The molecule has 0 aromatic heterocycles. The highest BCUT2D eigenvalue weighted by Gasteiger charge is 2.48. The number of hydrogen-bond donors (Lipinski definition) is 1. The number of carbonyl (C=O) groups is 2. The Hall–Kier alpha value is -2.37. The fourth-order valence-corrected chi connectivity index (χ4v) is 2.43. The Kier molecular flexibility index (Phi) is 4.21. The molecule has 1 aromatic rings. The minimum absolute atomic E-state index is 0.00848. The van der Waals surface area contributed by atoms with Gasteiger partial charge in [-0.2, -0.15) is 5.10 Å². The SMILES string of the molecule is CCOC(=O)C1=NN(c2cc(C)ccc2C)[C@@](C)(C(=O)O)C1. The summed E-state index contributed by atoms with van der Waals surface area (Å²) in [5, 5.41) is 15.3. The normalized spacial score (nSPS) is 20.7. The second-order valence-corrected chi connectivity index (χ2v) is 5.62. The van der Waals surface area contributed by atoms with Gasteiger partial charge in [-0.25, -0.2) is 14.6 Å². The summed E-state index contributed by atoms with van der Waals surface area (Å²) in [6.45, 7) is 7.30. The van der Waals surface area contributed by atoms with E-state index in [0.717, 1.165) is 11.1 Å². The molecule has 0 bridgehead atoms. The minimum atomic E-state index is -1.30. The van der Waals surface area contributed by atoms with Gasteiger partial charge in [0.2, 0.25) is 0 Å². The third kappa shape index (κ3) is 2.68. The predicted octanol–water partition coefficient (Wildman–Crippen LogP) is 2.28. The molecule has 118 valence electrons. The molecule has 0 amide bonds. The molecule has 22 heavy (non-hydrogen) atoms. The second kappa shape index (κ2) is 5.79. The van der Waals surface area contributed by atoms with Crippen molar-refractivity contribution in [2.75, 3.05) is 11.6 Å². The van der Waals surface area contributed by atoms with Gasteiger partial charge in [0, 0.05) is 6.42 Å². The van der Waals surface area contributed by atoms with Crippen LogP contribution in [0, 0.1) is 13.8 Å². The number of nitrogens with zero attached hydrogens (tertiary/aromatic N) is 2. The lowest BCUT2D eigenvalue weighted by Gasteiger charge is -2.31. The van der Waals surface area contributed by atoms with Gasteiger partial charge in [0.1, 0.15) is 5.71 Å². The summed E-state index contributed by atoms with van der Waals surface area (Å²) in [5.74, 6) is -1.60. The zero-order valence-corrected chi connectivity index (χ0v) is 13.2. The molecule has 1 heterocycles. The summed E-state index contributed by atoms with van der Waals surface area (Å²) < 4.78 is 4.95. The number of carboxylic acids is 1. The van der Waals surface area contributed by atoms with Crippen molar-refractivity contribution in [2.24, 2.45) is 5.10 Å². The molecular formula is C16H20N2O4. The first-order valence-corrected chi connectivity index (χ1v) is 7.15. The van der Waals surface area contributed by atoms with E-state index in [1.54, 1.807) is 13.8 Å². The Morgan fingerprint density at radius 2 is 2.09 bits per heavy atom. The van der Waals surface area contributed by atoms with Crippen LogP contribution in [-0.4, -0.2) is 34.9 Å². The fraction of sp³-hybridized carbons (Fsp3) is 0.438. The molecule has 2 rings (SSSR count). The van der Waals surface area contributed by atoms with Crippen molar-refractivity contribution in [3.63, 3.8) is 0 Å². The van der Waals surface area contributed by atoms with E-state index < -0.39 is 17.5 Å². The Balaban J connectivity index is 2.50. The number of ether oxygens (including phenoxy) is 1. The molecule has 0 spiro atoms. The van der Waals surface area contributed by atoms with Gasteiger partial charge < -0.3 is 9.84 Å². The molecule has 1 N–H and O–H groups in total. The summed E-state index contributed by atoms with van der Waals surface area (Å²) in [5.41, 5.74) is 1.40. The monoisotopic (exact) mass is 304 g/mol. The van der Waals surface area contributed by atoms with Gasteiger partial charge in [-0.15, -0.1) is 0 Å². The summed E-state index contributed by atoms with van der Waals surface area (Å²) >= 11 is 0. The van der Waals surface area contributed by atoms with Gasteiger partial charge in [-0.3, -0.25) is 0 Å². The van der Waals surface area contributed by atoms with E-state index in [4.69, 9.17) is 4.74 Å². The van der Waals surface area contributed by atoms with Crippen LogP contribution in [0.15, 0.2) is 23.3 Å². The number of carbonyl (C=O) groups excluding carboxylic acids is 1. The number of benzene rings is 1. The molecule has 0 unspecified atom stereocenters. The summed E-state index contributed by atoms with van der Waals surface area (Å²) in [6, 6.07) is 5.72. The molecule has 1 atom stereocenters. The first-order valence-electron chi connectivity index (χ1n) is 7.15. The highest BCUT2D eigenvalue weighted by Crippen LogP contribution is 2.35. The largest absolute Gasteiger partial charge is 0.479 e. The molecule has 1 aliphatic rings. The Morgan fingerprint density at radius 3 is 2.68 bits per heavy atom. The number of esters is 1. The van der Waals surface area contributed by atoms with E-state index >= 15 is 0 Å². The highest BCUT2D eigenvalue weighted by atomic mass is 16.5. The van der Waals surface area contributed by atoms with E-state index in [2.05, 4.69) is 5.10 Å². The zero-order chi connectivity index (χ0) is 16.5. The Bertz CT molecular complexity index is 654. The number of rotatable bonds is 4. The standard InChI is InChI=1S/C16H20N2O4/c1-5-22-14(19)12-9-16(4,15(20)21)18(17-12)13-8-10(2)6-7-11(13)3/h6-8H,5,9H2,1-4H3,(H,20,21)/t16-/m1/s1. The van der Waals surface area contributed by atoms with Crippen molar-refractivity contribution in [3.8, 4) is 0 Å². The molecule has 0 saturated carbocycles. The van der Waals surface area contributed by atoms with Crippen LogP contribution in [0.2, 0.25) is 0 Å². The number of hydrogen-bond acceptors (Lipinski definition) is 5. The third-order valence-corrected chi connectivity index (χ3v) is 3.76. The van der Waals surface area contributed by atoms with Crippen LogP contribution >= 0.6 is 0 Å². The van der Waals surface area contributed by atoms with Crippen LogP contribution in [-0.2, 0) is 14.3 Å². The van der Waals surface area contributed by atoms with Crippen molar-refractivity contribution in [2.45, 2.75) is 39.7 Å². The maximum atomic E-state index is 11.9. The molecule has 6 heteroatoms. The average molecular weight is 304 g/mol. The molecule has 1 aromatic carbocycles. The molecule has 0 aliphatic carbocycles. The van der Waals surface area contributed by atoms with Crippen LogP contribution in [0.25, 0.3) is 0 Å². The van der Waals surface area contributed by atoms with Crippen molar-refractivity contribution < 1.29 is 19.4 Å². The van der Waals surface area contributed by atoms with Gasteiger partial charge in [-0.1, -0.05) is 12.1 Å². The maximum absolute atomic E-state index is 11.9. The van der Waals surface area contributed by atoms with Crippen LogP contribution < -0.4 is 5.01 Å². The maximum Gasteiger partial charge on any atom is 0.354 e.